The highest BCUT2D eigenvalue weighted by atomic mass is 32.2. The summed E-state index contributed by atoms with van der Waals surface area (Å²) in [4.78, 5) is 27.1. The summed E-state index contributed by atoms with van der Waals surface area (Å²) in [5, 5.41) is 2.61. The molecule has 0 saturated heterocycles. The van der Waals surface area contributed by atoms with E-state index in [0.29, 0.717) is 19.4 Å². The van der Waals surface area contributed by atoms with E-state index in [4.69, 9.17) is 0 Å². The number of para-hydroxylation sites is 1. The minimum atomic E-state index is -3.74. The van der Waals surface area contributed by atoms with Crippen molar-refractivity contribution in [3.63, 3.8) is 0 Å². The molecule has 0 unspecified atom stereocenters. The van der Waals surface area contributed by atoms with Crippen LogP contribution in [0, 0.1) is 5.82 Å². The molecule has 0 radical (unpaired) electrons. The minimum Gasteiger partial charge on any atom is -0.357 e. The highest BCUT2D eigenvalue weighted by Gasteiger charge is 2.28. The highest BCUT2D eigenvalue weighted by molar-refractivity contribution is 7.92. The van der Waals surface area contributed by atoms with Gasteiger partial charge in [-0.3, -0.25) is 13.9 Å². The molecule has 1 atom stereocenters. The van der Waals surface area contributed by atoms with Crippen LogP contribution in [0.3, 0.4) is 0 Å². The number of carbonyl (C=O) groups is 2. The molecule has 2 aromatic carbocycles. The average molecular weight is 478 g/mol. The fourth-order valence-electron chi connectivity index (χ4n) is 3.70. The van der Waals surface area contributed by atoms with Crippen LogP contribution in [0.15, 0.2) is 54.6 Å². The topological polar surface area (TPSA) is 86.8 Å². The molecule has 2 rings (SSSR count). The standard InChI is InChI=1S/C24H32FN3O4S/c1-4-21(24(30)26-2)27(18-16-19-11-6-5-7-12-19)23(29)15-10-17-28(33(3,31)32)22-14-9-8-13-20(22)25/h5-9,11-14,21H,4,10,15-18H2,1-3H3,(H,26,30)/t21-/m1/s1. The summed E-state index contributed by atoms with van der Waals surface area (Å²) in [7, 11) is -2.21. The number of carbonyl (C=O) groups excluding carboxylic acids is 2. The Bertz CT molecular complexity index is 1030. The van der Waals surface area contributed by atoms with Crippen LogP contribution in [0.5, 0.6) is 0 Å². The Balaban J connectivity index is 2.13. The van der Waals surface area contributed by atoms with E-state index < -0.39 is 21.9 Å². The molecule has 0 spiro atoms. The number of hydrogen-bond acceptors (Lipinski definition) is 4. The molecule has 9 heteroatoms. The maximum Gasteiger partial charge on any atom is 0.242 e. The van der Waals surface area contributed by atoms with E-state index in [1.165, 1.54) is 25.2 Å². The third kappa shape index (κ3) is 7.56. The summed E-state index contributed by atoms with van der Waals surface area (Å²) in [5.41, 5.74) is 0.995. The van der Waals surface area contributed by atoms with Crippen LogP contribution in [0.4, 0.5) is 10.1 Å². The fourth-order valence-corrected chi connectivity index (χ4v) is 4.67. The van der Waals surface area contributed by atoms with Crippen LogP contribution in [0.25, 0.3) is 0 Å². The van der Waals surface area contributed by atoms with E-state index in [2.05, 4.69) is 5.32 Å². The Morgan fingerprint density at radius 2 is 1.67 bits per heavy atom. The first-order valence-corrected chi connectivity index (χ1v) is 12.8. The number of likely N-dealkylation sites (N-methyl/N-ethyl adjacent to an activating group) is 1. The van der Waals surface area contributed by atoms with E-state index in [9.17, 15) is 22.4 Å². The van der Waals surface area contributed by atoms with Crippen molar-refractivity contribution >= 4 is 27.5 Å². The molecule has 2 amide bonds. The van der Waals surface area contributed by atoms with E-state index in [-0.39, 0.29) is 36.9 Å². The van der Waals surface area contributed by atoms with Gasteiger partial charge in [-0.1, -0.05) is 49.4 Å². The van der Waals surface area contributed by atoms with E-state index in [1.807, 2.05) is 37.3 Å². The maximum atomic E-state index is 14.2. The molecular formula is C24H32FN3O4S. The number of benzene rings is 2. The van der Waals surface area contributed by atoms with Crippen LogP contribution < -0.4 is 9.62 Å². The number of anilines is 1. The quantitative estimate of drug-likeness (QED) is 0.509. The predicted octanol–water partition coefficient (Wildman–Crippen LogP) is 2.97. The fraction of sp³-hybridized carbons (Fsp3) is 0.417. The number of nitrogens with zero attached hydrogens (tertiary/aromatic N) is 2. The van der Waals surface area contributed by atoms with Gasteiger partial charge in [0.2, 0.25) is 21.8 Å². The van der Waals surface area contributed by atoms with Crippen molar-refractivity contribution < 1.29 is 22.4 Å². The van der Waals surface area contributed by atoms with Gasteiger partial charge in [-0.25, -0.2) is 12.8 Å². The van der Waals surface area contributed by atoms with Gasteiger partial charge in [0.15, 0.2) is 0 Å². The second-order valence-electron chi connectivity index (χ2n) is 7.75. The third-order valence-corrected chi connectivity index (χ3v) is 6.57. The lowest BCUT2D eigenvalue weighted by Crippen LogP contribution is -2.49. The van der Waals surface area contributed by atoms with Crippen molar-refractivity contribution in [2.45, 2.75) is 38.6 Å². The van der Waals surface area contributed by atoms with E-state index >= 15 is 0 Å². The van der Waals surface area contributed by atoms with Crippen molar-refractivity contribution in [3.8, 4) is 0 Å². The molecule has 7 nitrogen and oxygen atoms in total. The van der Waals surface area contributed by atoms with Crippen molar-refractivity contribution in [1.29, 1.82) is 0 Å². The molecule has 0 bridgehead atoms. The molecular weight excluding hydrogens is 445 g/mol. The van der Waals surface area contributed by atoms with Crippen LogP contribution in [-0.2, 0) is 26.0 Å². The zero-order chi connectivity index (χ0) is 24.4. The largest absolute Gasteiger partial charge is 0.357 e. The minimum absolute atomic E-state index is 0.0305. The van der Waals surface area contributed by atoms with Crippen LogP contribution in [-0.4, -0.2) is 57.6 Å². The Morgan fingerprint density at radius 1 is 1.03 bits per heavy atom. The van der Waals surface area contributed by atoms with Gasteiger partial charge in [-0.2, -0.15) is 0 Å². The number of halogens is 1. The Kier molecular flexibility index (Phi) is 9.84. The maximum absolute atomic E-state index is 14.2. The molecule has 0 saturated carbocycles. The van der Waals surface area contributed by atoms with Gasteiger partial charge in [0.1, 0.15) is 11.9 Å². The lowest BCUT2D eigenvalue weighted by Gasteiger charge is -2.30. The summed E-state index contributed by atoms with van der Waals surface area (Å²) in [6.45, 7) is 2.15. The van der Waals surface area contributed by atoms with Crippen molar-refractivity contribution in [2.24, 2.45) is 0 Å². The summed E-state index contributed by atoms with van der Waals surface area (Å²) < 4.78 is 39.7. The zero-order valence-electron chi connectivity index (χ0n) is 19.3. The lowest BCUT2D eigenvalue weighted by atomic mass is 10.1. The van der Waals surface area contributed by atoms with Crippen molar-refractivity contribution in [3.05, 3.63) is 66.0 Å². The molecule has 180 valence electrons. The molecule has 1 N–H and O–H groups in total. The number of nitrogens with one attached hydrogen (secondary N) is 1. The zero-order valence-corrected chi connectivity index (χ0v) is 20.1. The Hall–Kier alpha value is -2.94. The highest BCUT2D eigenvalue weighted by Crippen LogP contribution is 2.22. The van der Waals surface area contributed by atoms with Gasteiger partial charge in [0.05, 0.1) is 11.9 Å². The normalized spacial score (nSPS) is 12.1. The second-order valence-corrected chi connectivity index (χ2v) is 9.66. The number of rotatable bonds is 12. The Labute approximate surface area is 195 Å². The van der Waals surface area contributed by atoms with Crippen molar-refractivity contribution in [2.75, 3.05) is 30.7 Å². The molecule has 0 aliphatic rings. The molecule has 0 heterocycles. The van der Waals surface area contributed by atoms with Crippen molar-refractivity contribution in [1.82, 2.24) is 10.2 Å². The monoisotopic (exact) mass is 477 g/mol. The number of hydrogen-bond donors (Lipinski definition) is 1. The summed E-state index contributed by atoms with van der Waals surface area (Å²) in [5.74, 6) is -1.14. The van der Waals surface area contributed by atoms with Gasteiger partial charge in [-0.05, 0) is 37.0 Å². The Morgan fingerprint density at radius 3 is 2.24 bits per heavy atom. The van der Waals surface area contributed by atoms with Gasteiger partial charge >= 0.3 is 0 Å². The molecule has 0 aliphatic carbocycles. The third-order valence-electron chi connectivity index (χ3n) is 5.39. The van der Waals surface area contributed by atoms with Crippen LogP contribution in [0.1, 0.15) is 31.7 Å². The first-order chi connectivity index (χ1) is 15.7. The SMILES string of the molecule is CC[C@H](C(=O)NC)N(CCc1ccccc1)C(=O)CCCN(c1ccccc1F)S(C)(=O)=O. The van der Waals surface area contributed by atoms with E-state index in [1.54, 1.807) is 11.0 Å². The van der Waals surface area contributed by atoms with Gasteiger partial charge in [-0.15, -0.1) is 0 Å². The van der Waals surface area contributed by atoms with Crippen LogP contribution in [0.2, 0.25) is 0 Å². The average Bonchev–Trinajstić information content (AvgIpc) is 2.79. The molecule has 0 aliphatic heterocycles. The van der Waals surface area contributed by atoms with Crippen LogP contribution >= 0.6 is 0 Å². The summed E-state index contributed by atoms with van der Waals surface area (Å²) in [6, 6.07) is 14.7. The van der Waals surface area contributed by atoms with Gasteiger partial charge < -0.3 is 10.2 Å². The number of amides is 2. The molecule has 0 fully saturated rings. The molecule has 33 heavy (non-hydrogen) atoms. The molecule has 0 aromatic heterocycles. The number of sulfonamides is 1. The second kappa shape index (κ2) is 12.3. The molecule has 2 aromatic rings. The predicted molar refractivity (Wildman–Crippen MR) is 128 cm³/mol. The summed E-state index contributed by atoms with van der Waals surface area (Å²) in [6.07, 6.45) is 2.26. The van der Waals surface area contributed by atoms with Gasteiger partial charge in [0, 0.05) is 26.6 Å². The lowest BCUT2D eigenvalue weighted by molar-refractivity contribution is -0.140. The summed E-state index contributed by atoms with van der Waals surface area (Å²) >= 11 is 0. The van der Waals surface area contributed by atoms with E-state index in [0.717, 1.165) is 16.1 Å². The first-order valence-electron chi connectivity index (χ1n) is 11.0. The smallest absolute Gasteiger partial charge is 0.242 e. The van der Waals surface area contributed by atoms with Gasteiger partial charge in [0.25, 0.3) is 0 Å². The first kappa shape index (κ1) is 26.3.